The Hall–Kier alpha value is -4.50. The van der Waals surface area contributed by atoms with Crippen molar-refractivity contribution in [2.75, 3.05) is 32.0 Å². The molecule has 2 aromatic carbocycles. The van der Waals surface area contributed by atoms with Gasteiger partial charge in [-0.2, -0.15) is 0 Å². The lowest BCUT2D eigenvalue weighted by Crippen LogP contribution is -2.38. The molecule has 0 radical (unpaired) electrons. The van der Waals surface area contributed by atoms with Crippen LogP contribution in [0.1, 0.15) is 30.4 Å². The molecule has 1 fully saturated rings. The number of aryl methyl sites for hydroxylation is 1. The normalized spacial score (nSPS) is 17.6. The molecule has 8 nitrogen and oxygen atoms in total. The number of aromatic hydroxyl groups is 1. The second kappa shape index (κ2) is 15.3. The van der Waals surface area contributed by atoms with E-state index in [0.717, 1.165) is 55.0 Å². The van der Waals surface area contributed by atoms with E-state index in [0.29, 0.717) is 23.6 Å². The Morgan fingerprint density at radius 3 is 2.54 bits per heavy atom. The Bertz CT molecular complexity index is 1340. The minimum atomic E-state index is -0.315. The van der Waals surface area contributed by atoms with Gasteiger partial charge in [0.2, 0.25) is 0 Å². The molecule has 4 rings (SSSR count). The molecule has 2 heterocycles. The van der Waals surface area contributed by atoms with Crippen molar-refractivity contribution in [3.63, 3.8) is 0 Å². The van der Waals surface area contributed by atoms with Gasteiger partial charge in [-0.3, -0.25) is 15.0 Å². The maximum absolute atomic E-state index is 13.6. The van der Waals surface area contributed by atoms with Crippen molar-refractivity contribution >= 4 is 31.0 Å². The summed E-state index contributed by atoms with van der Waals surface area (Å²) in [6, 6.07) is 11.7. The van der Waals surface area contributed by atoms with E-state index >= 15 is 0 Å². The number of hydrogen-bond acceptors (Lipinski definition) is 8. The van der Waals surface area contributed by atoms with Gasteiger partial charge in [-0.25, -0.2) is 4.39 Å². The third-order valence-corrected chi connectivity index (χ3v) is 6.76. The molecule has 9 heteroatoms. The smallest absolute Gasteiger partial charge is 0.139 e. The molecule has 0 aliphatic carbocycles. The average Bonchev–Trinajstić information content (AvgIpc) is 3.53. The number of nitrogens with zero attached hydrogens (tertiary/aromatic N) is 5. The molecule has 4 N–H and O–H groups in total. The average molecular weight is 558 g/mol. The number of nitrogens with one attached hydrogen (secondary N) is 1. The molecule has 0 saturated carbocycles. The quantitative estimate of drug-likeness (QED) is 0.197. The summed E-state index contributed by atoms with van der Waals surface area (Å²) < 4.78 is 13.6. The lowest BCUT2D eigenvalue weighted by Gasteiger charge is -2.34. The number of hydrogen-bond donors (Lipinski definition) is 3. The van der Waals surface area contributed by atoms with E-state index in [1.165, 1.54) is 19.2 Å². The molecule has 2 aromatic rings. The van der Waals surface area contributed by atoms with Crippen LogP contribution < -0.4 is 11.1 Å². The first-order valence-electron chi connectivity index (χ1n) is 13.6. The van der Waals surface area contributed by atoms with Crippen molar-refractivity contribution in [1.29, 1.82) is 0 Å². The summed E-state index contributed by atoms with van der Waals surface area (Å²) >= 11 is 0. The minimum Gasteiger partial charge on any atom is -0.506 e. The molecule has 0 bridgehead atoms. The first-order chi connectivity index (χ1) is 19.9. The number of benzene rings is 2. The number of allylic oxidation sites excluding steroid dienone is 1. The van der Waals surface area contributed by atoms with Crippen molar-refractivity contribution in [1.82, 2.24) is 9.80 Å². The summed E-state index contributed by atoms with van der Waals surface area (Å²) in [5.41, 5.74) is 8.87. The standard InChI is InChI=1S/C31H35FN6O.CH5N/c1-22-9-14-29(39)28(20-22)36-23(2)38-19-7-8-26(21-38)35-16-15-27(33-3)31(37-17-5-6-18-37)30(34-4)24-10-12-25(32)13-11-24;1-2/h5,9-17,20,26,36,39H,2-4,6-8,18-19,21H2,1H3;2H2,1H3/b27-15-,31-30-,35-16?;. The van der Waals surface area contributed by atoms with Crippen LogP contribution in [0.5, 0.6) is 5.75 Å². The van der Waals surface area contributed by atoms with Crippen molar-refractivity contribution in [2.24, 2.45) is 20.7 Å². The topological polar surface area (TPSA) is 102 Å². The SMILES string of the molecule is C=NC(=C\C=NC1CCCN(C(=C)Nc2cc(C)ccc2O)C1)/C(=C(/N=C)c1ccc(F)cc1)N1C=CCC1.CN. The highest BCUT2D eigenvalue weighted by atomic mass is 19.1. The van der Waals surface area contributed by atoms with E-state index in [-0.39, 0.29) is 17.6 Å². The second-order valence-corrected chi connectivity index (χ2v) is 9.57. The third kappa shape index (κ3) is 8.25. The fraction of sp³-hybridized carbons (Fsp3) is 0.281. The van der Waals surface area contributed by atoms with Crippen LogP contribution in [0.25, 0.3) is 5.70 Å². The monoisotopic (exact) mass is 557 g/mol. The van der Waals surface area contributed by atoms with Gasteiger partial charge in [-0.15, -0.1) is 0 Å². The zero-order chi connectivity index (χ0) is 29.8. The fourth-order valence-corrected chi connectivity index (χ4v) is 4.74. The van der Waals surface area contributed by atoms with Gasteiger partial charge in [0, 0.05) is 37.6 Å². The number of halogens is 1. The summed E-state index contributed by atoms with van der Waals surface area (Å²) in [5, 5.41) is 13.4. The molecule has 2 aliphatic rings. The van der Waals surface area contributed by atoms with Crippen LogP contribution in [0, 0.1) is 12.7 Å². The molecule has 41 heavy (non-hydrogen) atoms. The Balaban J connectivity index is 0.00000226. The van der Waals surface area contributed by atoms with Gasteiger partial charge in [0.15, 0.2) is 0 Å². The number of piperidine rings is 1. The van der Waals surface area contributed by atoms with Crippen molar-refractivity contribution < 1.29 is 9.50 Å². The molecule has 0 aromatic heterocycles. The zero-order valence-electron chi connectivity index (χ0n) is 23.9. The first kappa shape index (κ1) is 31.0. The maximum atomic E-state index is 13.6. The maximum Gasteiger partial charge on any atom is 0.139 e. The number of anilines is 1. The van der Waals surface area contributed by atoms with Gasteiger partial charge < -0.3 is 26.0 Å². The number of phenolic OH excluding ortho intramolecular Hbond substituents is 1. The molecule has 0 amide bonds. The highest BCUT2D eigenvalue weighted by Crippen LogP contribution is 2.31. The summed E-state index contributed by atoms with van der Waals surface area (Å²) in [6.07, 6.45) is 10.5. The van der Waals surface area contributed by atoms with Crippen molar-refractivity contribution in [3.8, 4) is 5.75 Å². The summed E-state index contributed by atoms with van der Waals surface area (Å²) in [7, 11) is 1.50. The predicted octanol–water partition coefficient (Wildman–Crippen LogP) is 5.71. The molecular formula is C32H40FN7O. The molecule has 1 atom stereocenters. The van der Waals surface area contributed by atoms with Gasteiger partial charge in [-0.05, 0) is 94.7 Å². The molecule has 2 aliphatic heterocycles. The zero-order valence-corrected chi connectivity index (χ0v) is 23.9. The van der Waals surface area contributed by atoms with Gasteiger partial charge >= 0.3 is 0 Å². The largest absolute Gasteiger partial charge is 0.506 e. The molecule has 0 spiro atoms. The van der Waals surface area contributed by atoms with E-state index in [2.05, 4.69) is 56.9 Å². The lowest BCUT2D eigenvalue weighted by atomic mass is 10.1. The highest BCUT2D eigenvalue weighted by molar-refractivity contribution is 5.79. The third-order valence-electron chi connectivity index (χ3n) is 6.76. The van der Waals surface area contributed by atoms with Crippen LogP contribution in [0.4, 0.5) is 10.1 Å². The Kier molecular flexibility index (Phi) is 11.6. The fourth-order valence-electron chi connectivity index (χ4n) is 4.74. The van der Waals surface area contributed by atoms with E-state index in [1.54, 1.807) is 24.4 Å². The van der Waals surface area contributed by atoms with Crippen molar-refractivity contribution in [2.45, 2.75) is 32.2 Å². The second-order valence-electron chi connectivity index (χ2n) is 9.57. The molecule has 216 valence electrons. The Labute approximate surface area is 242 Å². The van der Waals surface area contributed by atoms with Crippen LogP contribution >= 0.6 is 0 Å². The van der Waals surface area contributed by atoms with Gasteiger partial charge in [0.25, 0.3) is 0 Å². The van der Waals surface area contributed by atoms with Crippen LogP contribution in [0.15, 0.2) is 99.6 Å². The Morgan fingerprint density at radius 2 is 1.88 bits per heavy atom. The number of phenols is 1. The van der Waals surface area contributed by atoms with Crippen LogP contribution in [0.3, 0.4) is 0 Å². The predicted molar refractivity (Wildman–Crippen MR) is 170 cm³/mol. The molecular weight excluding hydrogens is 517 g/mol. The van der Waals surface area contributed by atoms with Crippen LogP contribution in [-0.4, -0.2) is 67.3 Å². The number of aliphatic imine (C=N–C) groups is 3. The number of likely N-dealkylation sites (tertiary alicyclic amines) is 1. The molecule has 1 saturated heterocycles. The Morgan fingerprint density at radius 1 is 1.12 bits per heavy atom. The number of rotatable bonds is 10. The van der Waals surface area contributed by atoms with E-state index < -0.39 is 0 Å². The highest BCUT2D eigenvalue weighted by Gasteiger charge is 2.22. The summed E-state index contributed by atoms with van der Waals surface area (Å²) in [6.45, 7) is 16.1. The molecule has 1 unspecified atom stereocenters. The van der Waals surface area contributed by atoms with Gasteiger partial charge in [0.1, 0.15) is 11.6 Å². The summed E-state index contributed by atoms with van der Waals surface area (Å²) in [4.78, 5) is 17.6. The van der Waals surface area contributed by atoms with Crippen LogP contribution in [-0.2, 0) is 0 Å². The van der Waals surface area contributed by atoms with E-state index in [1.807, 2.05) is 31.3 Å². The van der Waals surface area contributed by atoms with Crippen molar-refractivity contribution in [3.05, 3.63) is 102 Å². The minimum absolute atomic E-state index is 0.0685. The summed E-state index contributed by atoms with van der Waals surface area (Å²) in [5.74, 6) is 0.602. The van der Waals surface area contributed by atoms with E-state index in [4.69, 9.17) is 4.99 Å². The van der Waals surface area contributed by atoms with E-state index in [9.17, 15) is 9.50 Å². The van der Waals surface area contributed by atoms with Gasteiger partial charge in [-0.1, -0.05) is 18.7 Å². The van der Waals surface area contributed by atoms with Gasteiger partial charge in [0.05, 0.1) is 34.6 Å². The lowest BCUT2D eigenvalue weighted by molar-refractivity contribution is 0.264. The number of nitrogens with two attached hydrogens (primary N) is 1. The van der Waals surface area contributed by atoms with Crippen LogP contribution in [0.2, 0.25) is 0 Å². The first-order valence-corrected chi connectivity index (χ1v) is 13.6.